The van der Waals surface area contributed by atoms with Crippen molar-refractivity contribution in [3.05, 3.63) is 46.3 Å². The summed E-state index contributed by atoms with van der Waals surface area (Å²) in [6.07, 6.45) is 1.71. The second-order valence-corrected chi connectivity index (χ2v) is 5.17. The predicted molar refractivity (Wildman–Crippen MR) is 75.7 cm³/mol. The van der Waals surface area contributed by atoms with Gasteiger partial charge in [-0.05, 0) is 36.8 Å². The third-order valence-electron chi connectivity index (χ3n) is 2.81. The van der Waals surface area contributed by atoms with Gasteiger partial charge in [0.15, 0.2) is 5.65 Å². The third-order valence-corrected chi connectivity index (χ3v) is 3.30. The van der Waals surface area contributed by atoms with Gasteiger partial charge in [-0.25, -0.2) is 14.4 Å². The first-order valence-corrected chi connectivity index (χ1v) is 6.41. The van der Waals surface area contributed by atoms with Crippen LogP contribution in [-0.4, -0.2) is 14.5 Å². The number of hydrogen-bond donors (Lipinski definition) is 1. The molecule has 0 aliphatic carbocycles. The molecule has 3 aromatic rings. The number of aryl methyl sites for hydroxylation is 1. The Morgan fingerprint density at radius 1 is 1.32 bits per heavy atom. The lowest BCUT2D eigenvalue weighted by atomic mass is 10.3. The number of hydrogen-bond acceptors (Lipinski definition) is 3. The van der Waals surface area contributed by atoms with E-state index in [1.807, 2.05) is 13.0 Å². The lowest BCUT2D eigenvalue weighted by Gasteiger charge is -2.07. The van der Waals surface area contributed by atoms with Crippen LogP contribution < -0.4 is 5.73 Å². The van der Waals surface area contributed by atoms with Gasteiger partial charge < -0.3 is 5.73 Å². The lowest BCUT2D eigenvalue weighted by Crippen LogP contribution is -2.03. The van der Waals surface area contributed by atoms with Crippen LogP contribution in [0.3, 0.4) is 0 Å². The largest absolute Gasteiger partial charge is 0.369 e. The highest BCUT2D eigenvalue weighted by molar-refractivity contribution is 9.10. The normalized spacial score (nSPS) is 11.1. The molecule has 3 rings (SSSR count). The van der Waals surface area contributed by atoms with Crippen LogP contribution in [0.25, 0.3) is 16.9 Å². The second-order valence-electron chi connectivity index (χ2n) is 4.26. The quantitative estimate of drug-likeness (QED) is 0.749. The molecule has 0 bridgehead atoms. The number of nitrogens with zero attached hydrogens (tertiary/aromatic N) is 3. The van der Waals surface area contributed by atoms with Crippen molar-refractivity contribution in [2.45, 2.75) is 6.92 Å². The standard InChI is InChI=1S/C13H10BrFN4/c1-7-4-10-12(17-6-7)19(13(16)18-10)11-3-2-8(14)5-9(11)15/h2-6H,1H3,(H2,16,18). The van der Waals surface area contributed by atoms with E-state index in [1.54, 1.807) is 18.3 Å². The minimum atomic E-state index is -0.386. The van der Waals surface area contributed by atoms with E-state index in [0.717, 1.165) is 5.56 Å². The van der Waals surface area contributed by atoms with E-state index >= 15 is 0 Å². The first-order valence-electron chi connectivity index (χ1n) is 5.62. The molecule has 2 aromatic heterocycles. The highest BCUT2D eigenvalue weighted by Gasteiger charge is 2.14. The van der Waals surface area contributed by atoms with Crippen LogP contribution in [0.2, 0.25) is 0 Å². The Labute approximate surface area is 117 Å². The Bertz CT molecular complexity index is 782. The molecule has 0 fully saturated rings. The van der Waals surface area contributed by atoms with Crippen LogP contribution in [0, 0.1) is 12.7 Å². The highest BCUT2D eigenvalue weighted by Crippen LogP contribution is 2.25. The summed E-state index contributed by atoms with van der Waals surface area (Å²) in [6.45, 7) is 1.92. The van der Waals surface area contributed by atoms with Crippen LogP contribution in [-0.2, 0) is 0 Å². The maximum Gasteiger partial charge on any atom is 0.207 e. The SMILES string of the molecule is Cc1cnc2c(c1)nc(N)n2-c1ccc(Br)cc1F. The smallest absolute Gasteiger partial charge is 0.207 e. The highest BCUT2D eigenvalue weighted by atomic mass is 79.9. The summed E-state index contributed by atoms with van der Waals surface area (Å²) >= 11 is 3.23. The minimum Gasteiger partial charge on any atom is -0.369 e. The van der Waals surface area contributed by atoms with Crippen molar-refractivity contribution in [2.75, 3.05) is 5.73 Å². The summed E-state index contributed by atoms with van der Waals surface area (Å²) in [7, 11) is 0. The zero-order valence-electron chi connectivity index (χ0n) is 10.1. The molecular formula is C13H10BrFN4. The Balaban J connectivity index is 2.33. The number of nitrogens with two attached hydrogens (primary N) is 1. The molecule has 0 spiro atoms. The summed E-state index contributed by atoms with van der Waals surface area (Å²) in [5.74, 6) is -0.169. The Morgan fingerprint density at radius 2 is 2.11 bits per heavy atom. The molecule has 96 valence electrons. The van der Waals surface area contributed by atoms with Gasteiger partial charge in [-0.2, -0.15) is 0 Å². The number of halogens is 2. The van der Waals surface area contributed by atoms with Crippen LogP contribution in [0.4, 0.5) is 10.3 Å². The van der Waals surface area contributed by atoms with E-state index in [-0.39, 0.29) is 11.8 Å². The molecule has 4 nitrogen and oxygen atoms in total. The topological polar surface area (TPSA) is 56.7 Å². The van der Waals surface area contributed by atoms with E-state index in [4.69, 9.17) is 5.73 Å². The average molecular weight is 321 g/mol. The van der Waals surface area contributed by atoms with E-state index < -0.39 is 0 Å². The fraction of sp³-hybridized carbons (Fsp3) is 0.0769. The first kappa shape index (κ1) is 12.1. The Kier molecular flexibility index (Phi) is 2.74. The molecule has 1 aromatic carbocycles. The van der Waals surface area contributed by atoms with Gasteiger partial charge in [-0.1, -0.05) is 15.9 Å². The van der Waals surface area contributed by atoms with Crippen molar-refractivity contribution in [2.24, 2.45) is 0 Å². The van der Waals surface area contributed by atoms with E-state index in [9.17, 15) is 4.39 Å². The summed E-state index contributed by atoms with van der Waals surface area (Å²) in [6, 6.07) is 6.64. The van der Waals surface area contributed by atoms with Crippen molar-refractivity contribution in [3.8, 4) is 5.69 Å². The molecule has 19 heavy (non-hydrogen) atoms. The zero-order valence-corrected chi connectivity index (χ0v) is 11.6. The van der Waals surface area contributed by atoms with E-state index in [1.165, 1.54) is 10.6 Å². The summed E-state index contributed by atoms with van der Waals surface area (Å²) in [5, 5.41) is 0. The molecule has 0 aliphatic rings. The number of anilines is 1. The molecule has 0 atom stereocenters. The van der Waals surface area contributed by atoms with Crippen molar-refractivity contribution >= 4 is 33.0 Å². The number of rotatable bonds is 1. The maximum absolute atomic E-state index is 14.0. The molecule has 0 aliphatic heterocycles. The molecular weight excluding hydrogens is 311 g/mol. The van der Waals surface area contributed by atoms with Gasteiger partial charge >= 0.3 is 0 Å². The van der Waals surface area contributed by atoms with Gasteiger partial charge in [-0.15, -0.1) is 0 Å². The fourth-order valence-corrected chi connectivity index (χ4v) is 2.32. The summed E-state index contributed by atoms with van der Waals surface area (Å²) in [5.41, 5.74) is 8.39. The number of pyridine rings is 1. The molecule has 0 radical (unpaired) electrons. The Hall–Kier alpha value is -1.95. The van der Waals surface area contributed by atoms with Gasteiger partial charge in [0.25, 0.3) is 0 Å². The Morgan fingerprint density at radius 3 is 2.84 bits per heavy atom. The van der Waals surface area contributed by atoms with Crippen LogP contribution in [0.1, 0.15) is 5.56 Å². The molecule has 0 amide bonds. The van der Waals surface area contributed by atoms with Crippen molar-refractivity contribution < 1.29 is 4.39 Å². The van der Waals surface area contributed by atoms with Gasteiger partial charge in [0.2, 0.25) is 5.95 Å². The summed E-state index contributed by atoms with van der Waals surface area (Å²) in [4.78, 5) is 8.50. The van der Waals surface area contributed by atoms with E-state index in [0.29, 0.717) is 21.3 Å². The molecule has 0 saturated carbocycles. The van der Waals surface area contributed by atoms with Gasteiger partial charge in [0.1, 0.15) is 11.3 Å². The number of fused-ring (bicyclic) bond motifs is 1. The number of nitrogen functional groups attached to an aromatic ring is 1. The third kappa shape index (κ3) is 1.98. The average Bonchev–Trinajstić information content (AvgIpc) is 2.65. The van der Waals surface area contributed by atoms with Gasteiger partial charge in [0, 0.05) is 10.7 Å². The van der Waals surface area contributed by atoms with Crippen LogP contribution >= 0.6 is 15.9 Å². The first-order chi connectivity index (χ1) is 9.06. The molecule has 0 unspecified atom stereocenters. The second kappa shape index (κ2) is 4.31. The van der Waals surface area contributed by atoms with Gasteiger partial charge in [0.05, 0.1) is 5.69 Å². The summed E-state index contributed by atoms with van der Waals surface area (Å²) < 4.78 is 16.2. The number of aromatic nitrogens is 3. The molecule has 0 saturated heterocycles. The molecule has 2 N–H and O–H groups in total. The van der Waals surface area contributed by atoms with Crippen molar-refractivity contribution in [3.63, 3.8) is 0 Å². The lowest BCUT2D eigenvalue weighted by molar-refractivity contribution is 0.619. The minimum absolute atomic E-state index is 0.217. The number of imidazole rings is 1. The van der Waals surface area contributed by atoms with Crippen molar-refractivity contribution in [1.82, 2.24) is 14.5 Å². The molecule has 2 heterocycles. The van der Waals surface area contributed by atoms with Crippen LogP contribution in [0.15, 0.2) is 34.9 Å². The van der Waals surface area contributed by atoms with Gasteiger partial charge in [-0.3, -0.25) is 4.57 Å². The zero-order chi connectivity index (χ0) is 13.6. The van der Waals surface area contributed by atoms with E-state index in [2.05, 4.69) is 25.9 Å². The fourth-order valence-electron chi connectivity index (χ4n) is 1.98. The maximum atomic E-state index is 14.0. The van der Waals surface area contributed by atoms with Crippen LogP contribution in [0.5, 0.6) is 0 Å². The monoisotopic (exact) mass is 320 g/mol. The van der Waals surface area contributed by atoms with Crippen molar-refractivity contribution in [1.29, 1.82) is 0 Å². The number of benzene rings is 1. The predicted octanol–water partition coefficient (Wildman–Crippen LogP) is 3.21. The molecule has 6 heteroatoms.